The van der Waals surface area contributed by atoms with Crippen molar-refractivity contribution in [1.29, 1.82) is 0 Å². The molecular formula is C22H15ClFN3O2. The van der Waals surface area contributed by atoms with Crippen molar-refractivity contribution in [2.45, 2.75) is 6.92 Å². The van der Waals surface area contributed by atoms with Gasteiger partial charge in [-0.05, 0) is 43.3 Å². The summed E-state index contributed by atoms with van der Waals surface area (Å²) in [4.78, 5) is 17.9. The summed E-state index contributed by atoms with van der Waals surface area (Å²) in [5, 5.41) is 12.4. The highest BCUT2D eigenvalue weighted by Gasteiger charge is 2.15. The Morgan fingerprint density at radius 2 is 1.97 bits per heavy atom. The molecule has 0 unspecified atom stereocenters. The molecule has 144 valence electrons. The zero-order chi connectivity index (χ0) is 20.5. The number of nitrogens with zero attached hydrogens (tertiary/aromatic N) is 3. The summed E-state index contributed by atoms with van der Waals surface area (Å²) in [5.41, 5.74) is 1.60. The second kappa shape index (κ2) is 7.48. The van der Waals surface area contributed by atoms with Gasteiger partial charge in [0.25, 0.3) is 5.56 Å². The number of hydrogen-bond donors (Lipinski definition) is 0. The van der Waals surface area contributed by atoms with Crippen molar-refractivity contribution in [2.75, 3.05) is 0 Å². The van der Waals surface area contributed by atoms with E-state index >= 15 is 0 Å². The maximum absolute atomic E-state index is 14.0. The summed E-state index contributed by atoms with van der Waals surface area (Å²) in [6, 6.07) is 12.7. The van der Waals surface area contributed by atoms with Crippen LogP contribution in [0.25, 0.3) is 28.7 Å². The number of fused-ring (bicyclic) bond motifs is 1. The lowest BCUT2D eigenvalue weighted by molar-refractivity contribution is -0.605. The van der Waals surface area contributed by atoms with Crippen LogP contribution in [0.15, 0.2) is 65.7 Å². The minimum absolute atomic E-state index is 0.305. The molecule has 7 heteroatoms. The summed E-state index contributed by atoms with van der Waals surface area (Å²) in [6.07, 6.45) is 5.81. The van der Waals surface area contributed by atoms with Crippen LogP contribution in [0.2, 0.25) is 5.02 Å². The summed E-state index contributed by atoms with van der Waals surface area (Å²) < 4.78 is 16.1. The summed E-state index contributed by atoms with van der Waals surface area (Å²) in [5.74, 6) is -0.0756. The first-order chi connectivity index (χ1) is 13.9. The molecule has 0 fully saturated rings. The number of halogens is 2. The highest BCUT2D eigenvalue weighted by molar-refractivity contribution is 6.31. The Balaban J connectivity index is 2.00. The van der Waals surface area contributed by atoms with E-state index in [9.17, 15) is 14.4 Å². The highest BCUT2D eigenvalue weighted by atomic mass is 35.5. The molecule has 0 spiro atoms. The number of benzene rings is 2. The lowest BCUT2D eigenvalue weighted by Gasteiger charge is -2.13. The van der Waals surface area contributed by atoms with E-state index in [4.69, 9.17) is 11.6 Å². The topological polar surface area (TPSA) is 61.8 Å². The summed E-state index contributed by atoms with van der Waals surface area (Å²) in [7, 11) is 0. The average Bonchev–Trinajstić information content (AvgIpc) is 2.69. The van der Waals surface area contributed by atoms with Crippen LogP contribution in [0.3, 0.4) is 0 Å². The molecule has 29 heavy (non-hydrogen) atoms. The van der Waals surface area contributed by atoms with Gasteiger partial charge in [-0.3, -0.25) is 9.36 Å². The van der Waals surface area contributed by atoms with Crippen LogP contribution in [0.4, 0.5) is 4.39 Å². The maximum atomic E-state index is 14.0. The molecule has 2 aromatic heterocycles. The molecule has 2 aromatic carbocycles. The van der Waals surface area contributed by atoms with Crippen molar-refractivity contribution >= 4 is 34.7 Å². The van der Waals surface area contributed by atoms with E-state index in [-0.39, 0.29) is 11.4 Å². The van der Waals surface area contributed by atoms with Gasteiger partial charge in [0, 0.05) is 22.2 Å². The van der Waals surface area contributed by atoms with Crippen molar-refractivity contribution in [3.63, 3.8) is 0 Å². The smallest absolute Gasteiger partial charge is 0.266 e. The van der Waals surface area contributed by atoms with E-state index in [0.29, 0.717) is 43.3 Å². The predicted molar refractivity (Wildman–Crippen MR) is 111 cm³/mol. The van der Waals surface area contributed by atoms with Crippen LogP contribution < -0.4 is 10.3 Å². The first kappa shape index (κ1) is 18.8. The molecule has 0 aliphatic rings. The van der Waals surface area contributed by atoms with E-state index in [0.717, 1.165) is 0 Å². The van der Waals surface area contributed by atoms with Crippen LogP contribution in [0.1, 0.15) is 17.0 Å². The standard InChI is InChI=1S/C22H15ClFN3O2/c1-14-13-26(29)11-10-20(14)27-21(9-6-15-4-2-3-5-18(15)24)25-19-8-7-16(23)12-17(19)22(27)28/h2-13H,1H3. The van der Waals surface area contributed by atoms with Crippen LogP contribution >= 0.6 is 11.6 Å². The zero-order valence-electron chi connectivity index (χ0n) is 15.3. The van der Waals surface area contributed by atoms with Gasteiger partial charge in [0.15, 0.2) is 12.4 Å². The zero-order valence-corrected chi connectivity index (χ0v) is 16.1. The molecule has 4 rings (SSSR count). The first-order valence-electron chi connectivity index (χ1n) is 8.79. The highest BCUT2D eigenvalue weighted by Crippen LogP contribution is 2.20. The van der Waals surface area contributed by atoms with Gasteiger partial charge < -0.3 is 5.21 Å². The largest absolute Gasteiger partial charge is 0.619 e. The Morgan fingerprint density at radius 3 is 2.72 bits per heavy atom. The quantitative estimate of drug-likeness (QED) is 0.376. The Bertz CT molecular complexity index is 1330. The molecule has 0 atom stereocenters. The molecule has 0 saturated carbocycles. The molecule has 0 aliphatic heterocycles. The number of hydrogen-bond acceptors (Lipinski definition) is 3. The van der Waals surface area contributed by atoms with Gasteiger partial charge in [0.1, 0.15) is 11.6 Å². The second-order valence-corrected chi connectivity index (χ2v) is 6.94. The molecule has 0 aliphatic carbocycles. The number of pyridine rings is 1. The van der Waals surface area contributed by atoms with E-state index in [1.54, 1.807) is 61.5 Å². The fourth-order valence-corrected chi connectivity index (χ4v) is 3.29. The minimum Gasteiger partial charge on any atom is -0.619 e. The van der Waals surface area contributed by atoms with Gasteiger partial charge in [-0.25, -0.2) is 9.37 Å². The van der Waals surface area contributed by atoms with Crippen LogP contribution in [-0.4, -0.2) is 9.55 Å². The van der Waals surface area contributed by atoms with Gasteiger partial charge in [0.2, 0.25) is 0 Å². The SMILES string of the molecule is Cc1c[n+]([O-])ccc1-n1c(C=Cc2ccccc2F)nc2ccc(Cl)cc2c1=O. The normalized spacial score (nSPS) is 11.4. The van der Waals surface area contributed by atoms with E-state index in [1.807, 2.05) is 0 Å². The minimum atomic E-state index is -0.381. The van der Waals surface area contributed by atoms with Gasteiger partial charge in [-0.2, -0.15) is 4.73 Å². The van der Waals surface area contributed by atoms with Gasteiger partial charge in [-0.15, -0.1) is 0 Å². The fourth-order valence-electron chi connectivity index (χ4n) is 3.12. The monoisotopic (exact) mass is 407 g/mol. The summed E-state index contributed by atoms with van der Waals surface area (Å²) in [6.45, 7) is 1.72. The van der Waals surface area contributed by atoms with Crippen LogP contribution in [-0.2, 0) is 0 Å². The molecule has 0 amide bonds. The fraction of sp³-hybridized carbons (Fsp3) is 0.0455. The van der Waals surface area contributed by atoms with Crippen LogP contribution in [0.5, 0.6) is 0 Å². The van der Waals surface area contributed by atoms with Crippen molar-refractivity contribution in [1.82, 2.24) is 9.55 Å². The molecule has 0 N–H and O–H groups in total. The third-order valence-corrected chi connectivity index (χ3v) is 4.75. The van der Waals surface area contributed by atoms with Crippen molar-refractivity contribution in [3.05, 3.63) is 104 Å². The number of aryl methyl sites for hydroxylation is 1. The lowest BCUT2D eigenvalue weighted by Crippen LogP contribution is -2.28. The van der Waals surface area contributed by atoms with Crippen molar-refractivity contribution < 1.29 is 9.12 Å². The van der Waals surface area contributed by atoms with E-state index in [2.05, 4.69) is 4.98 Å². The molecule has 0 radical (unpaired) electrons. The summed E-state index contributed by atoms with van der Waals surface area (Å²) >= 11 is 6.06. The molecular weight excluding hydrogens is 393 g/mol. The first-order valence-corrected chi connectivity index (χ1v) is 9.16. The van der Waals surface area contributed by atoms with Crippen LogP contribution in [0, 0.1) is 17.9 Å². The van der Waals surface area contributed by atoms with Gasteiger partial charge in [0.05, 0.1) is 16.6 Å². The Hall–Kier alpha value is -3.51. The number of rotatable bonds is 3. The Labute approximate surface area is 170 Å². The number of aromatic nitrogens is 3. The average molecular weight is 408 g/mol. The second-order valence-electron chi connectivity index (χ2n) is 6.50. The van der Waals surface area contributed by atoms with E-state index < -0.39 is 0 Å². The molecule has 5 nitrogen and oxygen atoms in total. The Morgan fingerprint density at radius 1 is 1.17 bits per heavy atom. The predicted octanol–water partition coefficient (Wildman–Crippen LogP) is 4.29. The molecule has 2 heterocycles. The third-order valence-electron chi connectivity index (χ3n) is 4.52. The third kappa shape index (κ3) is 3.62. The van der Waals surface area contributed by atoms with Crippen molar-refractivity contribution in [3.8, 4) is 5.69 Å². The lowest BCUT2D eigenvalue weighted by atomic mass is 10.2. The van der Waals surface area contributed by atoms with Crippen molar-refractivity contribution in [2.24, 2.45) is 0 Å². The van der Waals surface area contributed by atoms with E-state index in [1.165, 1.54) is 23.0 Å². The Kier molecular flexibility index (Phi) is 4.86. The molecule has 0 saturated heterocycles. The van der Waals surface area contributed by atoms with Gasteiger partial charge >= 0.3 is 0 Å². The molecule has 0 bridgehead atoms. The maximum Gasteiger partial charge on any atom is 0.266 e. The molecule has 4 aromatic rings. The van der Waals surface area contributed by atoms with Gasteiger partial charge in [-0.1, -0.05) is 29.8 Å².